The van der Waals surface area contributed by atoms with Crippen molar-refractivity contribution in [1.29, 1.82) is 0 Å². The van der Waals surface area contributed by atoms with E-state index in [1.807, 2.05) is 12.1 Å². The molecule has 2 aromatic carbocycles. The van der Waals surface area contributed by atoms with Crippen LogP contribution in [0, 0.1) is 11.7 Å². The van der Waals surface area contributed by atoms with Crippen LogP contribution in [0.5, 0.6) is 0 Å². The number of rotatable bonds is 6. The molecule has 154 valence electrons. The molecule has 2 heterocycles. The quantitative estimate of drug-likeness (QED) is 0.814. The molecule has 4 rings (SSSR count). The highest BCUT2D eigenvalue weighted by atomic mass is 19.1. The lowest BCUT2D eigenvalue weighted by Gasteiger charge is -2.32. The summed E-state index contributed by atoms with van der Waals surface area (Å²) < 4.78 is 13.4. The first-order valence-corrected chi connectivity index (χ1v) is 10.7. The van der Waals surface area contributed by atoms with E-state index in [-0.39, 0.29) is 23.7 Å². The molecule has 1 N–H and O–H groups in total. The summed E-state index contributed by atoms with van der Waals surface area (Å²) in [6.45, 7) is 5.31. The van der Waals surface area contributed by atoms with E-state index < -0.39 is 0 Å². The van der Waals surface area contributed by atoms with Crippen LogP contribution in [0.3, 0.4) is 0 Å². The van der Waals surface area contributed by atoms with Crippen molar-refractivity contribution in [3.05, 3.63) is 71.5 Å². The number of carbonyl (C=O) groups is 1. The summed E-state index contributed by atoms with van der Waals surface area (Å²) >= 11 is 0. The van der Waals surface area contributed by atoms with Gasteiger partial charge in [-0.3, -0.25) is 14.6 Å². The number of nitrogens with one attached hydrogen (secondary N) is 1. The molecule has 1 amide bonds. The number of carbonyl (C=O) groups excluding carboxylic acids is 1. The predicted octanol–water partition coefficient (Wildman–Crippen LogP) is 3.43. The summed E-state index contributed by atoms with van der Waals surface area (Å²) in [5, 5.41) is 3.29. The Kier molecular flexibility index (Phi) is 6.57. The Labute approximate surface area is 172 Å². The first kappa shape index (κ1) is 20.0. The summed E-state index contributed by atoms with van der Waals surface area (Å²) in [6.07, 6.45) is 2.96. The Morgan fingerprint density at radius 2 is 1.69 bits per heavy atom. The first-order chi connectivity index (χ1) is 14.2. The average Bonchev–Trinajstić information content (AvgIpc) is 3.15. The number of amides is 1. The van der Waals surface area contributed by atoms with Crippen LogP contribution in [0.2, 0.25) is 0 Å². The lowest BCUT2D eigenvalue weighted by molar-refractivity contribution is -0.127. The van der Waals surface area contributed by atoms with Gasteiger partial charge in [0.1, 0.15) is 5.82 Å². The highest BCUT2D eigenvalue weighted by Gasteiger charge is 2.29. The zero-order valence-corrected chi connectivity index (χ0v) is 16.9. The molecule has 2 aromatic rings. The van der Waals surface area contributed by atoms with Crippen LogP contribution in [-0.4, -0.2) is 47.9 Å². The van der Waals surface area contributed by atoms with Crippen molar-refractivity contribution in [1.82, 2.24) is 15.1 Å². The van der Waals surface area contributed by atoms with Crippen LogP contribution < -0.4 is 5.32 Å². The van der Waals surface area contributed by atoms with Crippen molar-refractivity contribution in [2.75, 3.05) is 26.2 Å². The molecule has 2 aliphatic heterocycles. The maximum absolute atomic E-state index is 13.4. The summed E-state index contributed by atoms with van der Waals surface area (Å²) in [5.74, 6) is 0.0103. The molecule has 0 aromatic heterocycles. The van der Waals surface area contributed by atoms with Gasteiger partial charge in [-0.1, -0.05) is 42.5 Å². The van der Waals surface area contributed by atoms with E-state index >= 15 is 0 Å². The van der Waals surface area contributed by atoms with Crippen molar-refractivity contribution >= 4 is 5.91 Å². The summed E-state index contributed by atoms with van der Waals surface area (Å²) in [5.41, 5.74) is 2.29. The van der Waals surface area contributed by atoms with Crippen LogP contribution in [0.25, 0.3) is 0 Å². The van der Waals surface area contributed by atoms with Crippen molar-refractivity contribution in [2.45, 2.75) is 38.4 Å². The molecule has 0 saturated carbocycles. The maximum atomic E-state index is 13.4. The van der Waals surface area contributed by atoms with Crippen molar-refractivity contribution < 1.29 is 9.18 Å². The van der Waals surface area contributed by atoms with E-state index in [4.69, 9.17) is 0 Å². The van der Waals surface area contributed by atoms with Crippen LogP contribution >= 0.6 is 0 Å². The van der Waals surface area contributed by atoms with Gasteiger partial charge in [0.25, 0.3) is 0 Å². The molecule has 0 bridgehead atoms. The standard InChI is InChI=1S/C24H30FN3O/c25-22-10-4-8-20(14-22)16-27-12-5-9-21(17-27)24(29)26-23-11-13-28(18-23)15-19-6-2-1-3-7-19/h1-4,6-8,10,14,21,23H,5,9,11-13,15-18H2,(H,26,29). The molecule has 29 heavy (non-hydrogen) atoms. The van der Waals surface area contributed by atoms with Crippen LogP contribution in [0.1, 0.15) is 30.4 Å². The molecular formula is C24H30FN3O. The number of hydrogen-bond acceptors (Lipinski definition) is 3. The Hall–Kier alpha value is -2.24. The normalized spacial score (nSPS) is 23.2. The van der Waals surface area contributed by atoms with Crippen LogP contribution in [0.4, 0.5) is 4.39 Å². The van der Waals surface area contributed by atoms with Gasteiger partial charge in [0.15, 0.2) is 0 Å². The second-order valence-electron chi connectivity index (χ2n) is 8.42. The number of halogens is 1. The fourth-order valence-corrected chi connectivity index (χ4v) is 4.56. The van der Waals surface area contributed by atoms with E-state index in [9.17, 15) is 9.18 Å². The Morgan fingerprint density at radius 3 is 2.52 bits per heavy atom. The maximum Gasteiger partial charge on any atom is 0.224 e. The topological polar surface area (TPSA) is 35.6 Å². The van der Waals surface area contributed by atoms with Gasteiger partial charge in [0.05, 0.1) is 5.92 Å². The number of likely N-dealkylation sites (tertiary alicyclic amines) is 2. The van der Waals surface area contributed by atoms with Gasteiger partial charge < -0.3 is 5.32 Å². The minimum absolute atomic E-state index is 0.0282. The van der Waals surface area contributed by atoms with E-state index in [1.165, 1.54) is 11.6 Å². The predicted molar refractivity (Wildman–Crippen MR) is 113 cm³/mol. The third kappa shape index (κ3) is 5.64. The van der Waals surface area contributed by atoms with E-state index in [1.54, 1.807) is 12.1 Å². The summed E-state index contributed by atoms with van der Waals surface area (Å²) in [6, 6.07) is 17.5. The Morgan fingerprint density at radius 1 is 0.931 bits per heavy atom. The van der Waals surface area contributed by atoms with Gasteiger partial charge in [0, 0.05) is 38.8 Å². The van der Waals surface area contributed by atoms with Crippen molar-refractivity contribution in [2.24, 2.45) is 5.92 Å². The van der Waals surface area contributed by atoms with Gasteiger partial charge in [-0.25, -0.2) is 4.39 Å². The number of nitrogens with zero attached hydrogens (tertiary/aromatic N) is 2. The second-order valence-corrected chi connectivity index (χ2v) is 8.42. The largest absolute Gasteiger partial charge is 0.352 e. The fraction of sp³-hybridized carbons (Fsp3) is 0.458. The molecular weight excluding hydrogens is 365 g/mol. The minimum Gasteiger partial charge on any atom is -0.352 e. The molecule has 0 aliphatic carbocycles. The van der Waals surface area contributed by atoms with E-state index in [2.05, 4.69) is 39.4 Å². The van der Waals surface area contributed by atoms with E-state index in [0.29, 0.717) is 6.54 Å². The lowest BCUT2D eigenvalue weighted by Crippen LogP contribution is -2.46. The molecule has 4 nitrogen and oxygen atoms in total. The number of piperidine rings is 1. The van der Waals surface area contributed by atoms with Crippen molar-refractivity contribution in [3.63, 3.8) is 0 Å². The first-order valence-electron chi connectivity index (χ1n) is 10.7. The highest BCUT2D eigenvalue weighted by molar-refractivity contribution is 5.79. The van der Waals surface area contributed by atoms with Crippen LogP contribution in [-0.2, 0) is 17.9 Å². The molecule has 2 unspecified atom stereocenters. The highest BCUT2D eigenvalue weighted by Crippen LogP contribution is 2.20. The lowest BCUT2D eigenvalue weighted by atomic mass is 9.96. The van der Waals surface area contributed by atoms with Crippen LogP contribution in [0.15, 0.2) is 54.6 Å². The van der Waals surface area contributed by atoms with Gasteiger partial charge in [-0.05, 0) is 49.1 Å². The third-order valence-electron chi connectivity index (χ3n) is 6.04. The monoisotopic (exact) mass is 395 g/mol. The molecule has 0 radical (unpaired) electrons. The number of benzene rings is 2. The third-order valence-corrected chi connectivity index (χ3v) is 6.04. The molecule has 5 heteroatoms. The molecule has 0 spiro atoms. The zero-order valence-electron chi connectivity index (χ0n) is 16.9. The summed E-state index contributed by atoms with van der Waals surface area (Å²) in [4.78, 5) is 17.5. The Bertz CT molecular complexity index is 813. The average molecular weight is 396 g/mol. The molecule has 2 fully saturated rings. The number of hydrogen-bond donors (Lipinski definition) is 1. The van der Waals surface area contributed by atoms with Gasteiger partial charge >= 0.3 is 0 Å². The second kappa shape index (κ2) is 9.51. The zero-order chi connectivity index (χ0) is 20.1. The van der Waals surface area contributed by atoms with Gasteiger partial charge in [0.2, 0.25) is 5.91 Å². The smallest absolute Gasteiger partial charge is 0.224 e. The molecule has 2 atom stereocenters. The summed E-state index contributed by atoms with van der Waals surface area (Å²) in [7, 11) is 0. The van der Waals surface area contributed by atoms with Crippen molar-refractivity contribution in [3.8, 4) is 0 Å². The van der Waals surface area contributed by atoms with Gasteiger partial charge in [-0.2, -0.15) is 0 Å². The SMILES string of the molecule is O=C(NC1CCN(Cc2ccccc2)C1)C1CCCN(Cc2cccc(F)c2)C1. The Balaban J connectivity index is 1.25. The van der Waals surface area contributed by atoms with E-state index in [0.717, 1.165) is 57.5 Å². The fourth-order valence-electron chi connectivity index (χ4n) is 4.56. The van der Waals surface area contributed by atoms with Gasteiger partial charge in [-0.15, -0.1) is 0 Å². The minimum atomic E-state index is -0.199. The molecule has 2 aliphatic rings. The molecule has 2 saturated heterocycles.